The summed E-state index contributed by atoms with van der Waals surface area (Å²) < 4.78 is 13.8. The zero-order valence-corrected chi connectivity index (χ0v) is 11.5. The summed E-state index contributed by atoms with van der Waals surface area (Å²) >= 11 is 5.92. The standard InChI is InChI=1S/C15H13ClFNO2/c1-9-5-7-10(8-6-9)18-14(15(19)20)13-11(16)3-2-4-12(13)17/h2-8,14,18H,1H3,(H,19,20). The van der Waals surface area contributed by atoms with Crippen molar-refractivity contribution >= 4 is 23.3 Å². The van der Waals surface area contributed by atoms with Gasteiger partial charge in [0.05, 0.1) is 0 Å². The Balaban J connectivity index is 2.37. The normalized spacial score (nSPS) is 11.9. The highest BCUT2D eigenvalue weighted by molar-refractivity contribution is 6.31. The van der Waals surface area contributed by atoms with E-state index in [1.165, 1.54) is 18.2 Å². The van der Waals surface area contributed by atoms with E-state index in [9.17, 15) is 14.3 Å². The number of hydrogen-bond donors (Lipinski definition) is 2. The molecule has 0 amide bonds. The molecule has 3 nitrogen and oxygen atoms in total. The number of nitrogens with one attached hydrogen (secondary N) is 1. The third kappa shape index (κ3) is 3.08. The second-order valence-electron chi connectivity index (χ2n) is 4.42. The zero-order chi connectivity index (χ0) is 14.7. The first kappa shape index (κ1) is 14.3. The van der Waals surface area contributed by atoms with Gasteiger partial charge in [0.2, 0.25) is 0 Å². The molecule has 0 radical (unpaired) electrons. The summed E-state index contributed by atoms with van der Waals surface area (Å²) in [4.78, 5) is 11.4. The van der Waals surface area contributed by atoms with Gasteiger partial charge < -0.3 is 10.4 Å². The van der Waals surface area contributed by atoms with Gasteiger partial charge in [0.15, 0.2) is 6.04 Å². The van der Waals surface area contributed by atoms with Crippen LogP contribution in [0.2, 0.25) is 5.02 Å². The van der Waals surface area contributed by atoms with Crippen LogP contribution in [0.3, 0.4) is 0 Å². The molecule has 2 aromatic rings. The van der Waals surface area contributed by atoms with Crippen molar-refractivity contribution < 1.29 is 14.3 Å². The van der Waals surface area contributed by atoms with E-state index in [1.54, 1.807) is 12.1 Å². The van der Waals surface area contributed by atoms with E-state index < -0.39 is 17.8 Å². The number of aliphatic carboxylic acids is 1. The van der Waals surface area contributed by atoms with Gasteiger partial charge in [-0.2, -0.15) is 0 Å². The Kier molecular flexibility index (Phi) is 4.25. The Hall–Kier alpha value is -2.07. The zero-order valence-electron chi connectivity index (χ0n) is 10.7. The van der Waals surface area contributed by atoms with E-state index in [-0.39, 0.29) is 10.6 Å². The van der Waals surface area contributed by atoms with Gasteiger partial charge in [-0.1, -0.05) is 35.4 Å². The van der Waals surface area contributed by atoms with Crippen LogP contribution < -0.4 is 5.32 Å². The summed E-state index contributed by atoms with van der Waals surface area (Å²) in [5.74, 6) is -1.85. The molecular weight excluding hydrogens is 281 g/mol. The van der Waals surface area contributed by atoms with Crippen molar-refractivity contribution in [3.8, 4) is 0 Å². The van der Waals surface area contributed by atoms with Gasteiger partial charge in [-0.3, -0.25) is 0 Å². The van der Waals surface area contributed by atoms with E-state index in [0.717, 1.165) is 5.56 Å². The van der Waals surface area contributed by atoms with E-state index >= 15 is 0 Å². The largest absolute Gasteiger partial charge is 0.479 e. The van der Waals surface area contributed by atoms with Crippen LogP contribution in [-0.2, 0) is 4.79 Å². The Bertz CT molecular complexity index is 608. The number of carboxylic acids is 1. The smallest absolute Gasteiger partial charge is 0.330 e. The van der Waals surface area contributed by atoms with Crippen LogP contribution in [-0.4, -0.2) is 11.1 Å². The average molecular weight is 294 g/mol. The number of aryl methyl sites for hydroxylation is 1. The molecule has 0 saturated carbocycles. The predicted octanol–water partition coefficient (Wildman–Crippen LogP) is 4.03. The maximum Gasteiger partial charge on any atom is 0.330 e. The van der Waals surface area contributed by atoms with Crippen molar-refractivity contribution in [2.75, 3.05) is 5.32 Å². The lowest BCUT2D eigenvalue weighted by Crippen LogP contribution is -2.22. The third-order valence-corrected chi connectivity index (χ3v) is 3.23. The van der Waals surface area contributed by atoms with Crippen LogP contribution in [0.5, 0.6) is 0 Å². The van der Waals surface area contributed by atoms with Gasteiger partial charge in [0.25, 0.3) is 0 Å². The molecule has 0 aliphatic carbocycles. The van der Waals surface area contributed by atoms with Gasteiger partial charge in [-0.15, -0.1) is 0 Å². The lowest BCUT2D eigenvalue weighted by Gasteiger charge is -2.18. The van der Waals surface area contributed by atoms with Crippen LogP contribution in [0.25, 0.3) is 0 Å². The highest BCUT2D eigenvalue weighted by Crippen LogP contribution is 2.29. The molecule has 104 valence electrons. The molecule has 0 aliphatic heterocycles. The fourth-order valence-corrected chi connectivity index (χ4v) is 2.13. The van der Waals surface area contributed by atoms with E-state index in [0.29, 0.717) is 5.69 Å². The average Bonchev–Trinajstić information content (AvgIpc) is 2.39. The number of anilines is 1. The molecule has 2 rings (SSSR count). The van der Waals surface area contributed by atoms with Crippen molar-refractivity contribution in [1.82, 2.24) is 0 Å². The summed E-state index contributed by atoms with van der Waals surface area (Å²) in [6.45, 7) is 1.92. The van der Waals surface area contributed by atoms with Crippen molar-refractivity contribution in [3.05, 3.63) is 64.4 Å². The quantitative estimate of drug-likeness (QED) is 0.895. The molecule has 2 aromatic carbocycles. The molecule has 2 N–H and O–H groups in total. The molecule has 20 heavy (non-hydrogen) atoms. The van der Waals surface area contributed by atoms with Gasteiger partial charge in [-0.05, 0) is 31.2 Å². The Labute approximate surface area is 121 Å². The maximum absolute atomic E-state index is 13.8. The van der Waals surface area contributed by atoms with Crippen molar-refractivity contribution in [2.45, 2.75) is 13.0 Å². The Morgan fingerprint density at radius 2 is 1.90 bits per heavy atom. The summed E-state index contributed by atoms with van der Waals surface area (Å²) in [5.41, 5.74) is 1.57. The van der Waals surface area contributed by atoms with Crippen molar-refractivity contribution in [3.63, 3.8) is 0 Å². The van der Waals surface area contributed by atoms with E-state index in [2.05, 4.69) is 5.32 Å². The molecule has 1 atom stereocenters. The number of benzene rings is 2. The Morgan fingerprint density at radius 1 is 1.25 bits per heavy atom. The fraction of sp³-hybridized carbons (Fsp3) is 0.133. The highest BCUT2D eigenvalue weighted by Gasteiger charge is 2.25. The first-order valence-electron chi connectivity index (χ1n) is 5.99. The van der Waals surface area contributed by atoms with E-state index in [4.69, 9.17) is 11.6 Å². The van der Waals surface area contributed by atoms with Gasteiger partial charge >= 0.3 is 5.97 Å². The van der Waals surface area contributed by atoms with Crippen LogP contribution in [0.15, 0.2) is 42.5 Å². The number of carboxylic acid groups (broad SMARTS) is 1. The molecule has 0 aliphatic rings. The summed E-state index contributed by atoms with van der Waals surface area (Å²) in [7, 11) is 0. The van der Waals surface area contributed by atoms with Crippen LogP contribution in [0.1, 0.15) is 17.2 Å². The topological polar surface area (TPSA) is 49.3 Å². The molecule has 5 heteroatoms. The van der Waals surface area contributed by atoms with Crippen molar-refractivity contribution in [1.29, 1.82) is 0 Å². The molecule has 0 bridgehead atoms. The molecule has 1 unspecified atom stereocenters. The minimum atomic E-state index is -1.24. The summed E-state index contributed by atoms with van der Waals surface area (Å²) in [6, 6.07) is 9.99. The first-order chi connectivity index (χ1) is 9.49. The summed E-state index contributed by atoms with van der Waals surface area (Å²) in [6.07, 6.45) is 0. The monoisotopic (exact) mass is 293 g/mol. The minimum absolute atomic E-state index is 0.0674. The van der Waals surface area contributed by atoms with Gasteiger partial charge in [0.1, 0.15) is 5.82 Å². The van der Waals surface area contributed by atoms with Crippen LogP contribution in [0, 0.1) is 12.7 Å². The number of carbonyl (C=O) groups is 1. The number of rotatable bonds is 4. The second-order valence-corrected chi connectivity index (χ2v) is 4.82. The molecule has 0 aromatic heterocycles. The molecule has 0 spiro atoms. The van der Waals surface area contributed by atoms with Crippen molar-refractivity contribution in [2.24, 2.45) is 0 Å². The Morgan fingerprint density at radius 3 is 2.45 bits per heavy atom. The molecule has 0 saturated heterocycles. The second kappa shape index (κ2) is 5.92. The lowest BCUT2D eigenvalue weighted by molar-refractivity contribution is -0.138. The summed E-state index contributed by atoms with van der Waals surface area (Å²) in [5, 5.41) is 12.2. The maximum atomic E-state index is 13.8. The minimum Gasteiger partial charge on any atom is -0.479 e. The number of hydrogen-bond acceptors (Lipinski definition) is 2. The van der Waals surface area contributed by atoms with Crippen LogP contribution in [0.4, 0.5) is 10.1 Å². The SMILES string of the molecule is Cc1ccc(NC(C(=O)O)c2c(F)cccc2Cl)cc1. The van der Waals surface area contributed by atoms with Crippen LogP contribution >= 0.6 is 11.6 Å². The third-order valence-electron chi connectivity index (χ3n) is 2.90. The fourth-order valence-electron chi connectivity index (χ4n) is 1.86. The number of halogens is 2. The molecule has 0 fully saturated rings. The molecular formula is C15H13ClFNO2. The van der Waals surface area contributed by atoms with Gasteiger partial charge in [-0.25, -0.2) is 9.18 Å². The molecule has 0 heterocycles. The first-order valence-corrected chi connectivity index (χ1v) is 6.37. The predicted molar refractivity (Wildman–Crippen MR) is 76.6 cm³/mol. The van der Waals surface area contributed by atoms with Gasteiger partial charge in [0, 0.05) is 16.3 Å². The highest BCUT2D eigenvalue weighted by atomic mass is 35.5. The van der Waals surface area contributed by atoms with E-state index in [1.807, 2.05) is 19.1 Å². The lowest BCUT2D eigenvalue weighted by atomic mass is 10.1.